The number of carbonyl (C=O) groups is 1. The molecule has 1 saturated carbocycles. The van der Waals surface area contributed by atoms with E-state index in [1.165, 1.54) is 0 Å². The summed E-state index contributed by atoms with van der Waals surface area (Å²) in [4.78, 5) is 17.6. The van der Waals surface area contributed by atoms with Crippen molar-refractivity contribution in [2.24, 2.45) is 5.92 Å². The number of likely N-dealkylation sites (tertiary alicyclic amines) is 1. The molecule has 1 aromatic carbocycles. The first-order chi connectivity index (χ1) is 17.0. The van der Waals surface area contributed by atoms with Crippen LogP contribution in [-0.4, -0.2) is 66.2 Å². The van der Waals surface area contributed by atoms with Crippen molar-refractivity contribution < 1.29 is 23.8 Å². The van der Waals surface area contributed by atoms with Gasteiger partial charge in [0.05, 0.1) is 25.7 Å². The highest BCUT2D eigenvalue weighted by molar-refractivity contribution is 5.91. The van der Waals surface area contributed by atoms with Crippen molar-refractivity contribution >= 4 is 12.0 Å². The molecule has 35 heavy (non-hydrogen) atoms. The van der Waals surface area contributed by atoms with Crippen molar-refractivity contribution in [2.45, 2.75) is 49.3 Å². The monoisotopic (exact) mass is 476 g/mol. The van der Waals surface area contributed by atoms with E-state index in [0.717, 1.165) is 61.2 Å². The molecule has 6 rings (SSSR count). The summed E-state index contributed by atoms with van der Waals surface area (Å²) >= 11 is 0. The maximum absolute atomic E-state index is 13.2. The number of aromatic hydroxyl groups is 1. The lowest BCUT2D eigenvalue weighted by molar-refractivity contribution is -0.135. The van der Waals surface area contributed by atoms with Crippen molar-refractivity contribution in [3.63, 3.8) is 0 Å². The zero-order valence-electron chi connectivity index (χ0n) is 20.3. The Morgan fingerprint density at radius 2 is 2.29 bits per heavy atom. The second-order valence-electron chi connectivity index (χ2n) is 10.3. The van der Waals surface area contributed by atoms with Gasteiger partial charge in [0.15, 0.2) is 11.5 Å². The van der Waals surface area contributed by atoms with Gasteiger partial charge in [0, 0.05) is 53.9 Å². The number of furan rings is 1. The van der Waals surface area contributed by atoms with E-state index in [1.54, 1.807) is 37.9 Å². The molecular weight excluding hydrogens is 444 g/mol. The zero-order valence-corrected chi connectivity index (χ0v) is 20.3. The first-order valence-electron chi connectivity index (χ1n) is 12.4. The van der Waals surface area contributed by atoms with E-state index in [4.69, 9.17) is 13.9 Å². The third kappa shape index (κ3) is 3.10. The van der Waals surface area contributed by atoms with Crippen molar-refractivity contribution in [3.05, 3.63) is 60.1 Å². The summed E-state index contributed by atoms with van der Waals surface area (Å²) in [6, 6.07) is 3.75. The molecule has 2 aliphatic heterocycles. The lowest BCUT2D eigenvalue weighted by atomic mass is 9.51. The molecule has 2 aromatic rings. The number of hydrogen-bond acceptors (Lipinski definition) is 6. The number of ether oxygens (including phenoxy) is 2. The van der Waals surface area contributed by atoms with Crippen molar-refractivity contribution in [3.8, 4) is 17.2 Å². The van der Waals surface area contributed by atoms with Gasteiger partial charge < -0.3 is 23.9 Å². The molecule has 1 amide bonds. The number of likely N-dealkylation sites (N-methyl/N-ethyl adjacent to an activating group) is 1. The Morgan fingerprint density at radius 3 is 3.03 bits per heavy atom. The number of nitrogens with zero attached hydrogens (tertiary/aromatic N) is 2. The van der Waals surface area contributed by atoms with E-state index in [-0.39, 0.29) is 29.2 Å². The summed E-state index contributed by atoms with van der Waals surface area (Å²) in [6.07, 6.45) is 12.0. The first kappa shape index (κ1) is 22.3. The number of benzene rings is 1. The quantitative estimate of drug-likeness (QED) is 0.506. The standard InChI is InChI=1S/C28H32N2O5/c1-4-11-30-12-10-28-19-6-7-20(29(2)24(32)8-5-17-9-13-34-16-17)27(28)35-26-23(33-3)15-22(31)18(25(26)28)14-21(19)30/h4-5,8-9,13,15-16,19-21,27,31H,1,6-7,10-12,14H2,2-3H3/b8-5+/t19-,20-,21+,27-,28-/m0/s1. The van der Waals surface area contributed by atoms with Crippen LogP contribution in [0.2, 0.25) is 0 Å². The molecule has 2 bridgehead atoms. The lowest BCUT2D eigenvalue weighted by Crippen LogP contribution is -2.68. The predicted molar refractivity (Wildman–Crippen MR) is 132 cm³/mol. The Balaban J connectivity index is 1.41. The summed E-state index contributed by atoms with van der Waals surface area (Å²) in [5, 5.41) is 11.0. The minimum atomic E-state index is -0.247. The largest absolute Gasteiger partial charge is 0.508 e. The van der Waals surface area contributed by atoms with E-state index < -0.39 is 0 Å². The molecule has 0 unspecified atom stereocenters. The fourth-order valence-electron chi connectivity index (χ4n) is 7.41. The molecule has 2 fully saturated rings. The van der Waals surface area contributed by atoms with Crippen molar-refractivity contribution in [1.29, 1.82) is 0 Å². The molecule has 3 heterocycles. The lowest BCUT2D eigenvalue weighted by Gasteiger charge is -2.60. The average molecular weight is 477 g/mol. The highest BCUT2D eigenvalue weighted by Gasteiger charge is 2.66. The van der Waals surface area contributed by atoms with Gasteiger partial charge in [-0.3, -0.25) is 9.69 Å². The minimum absolute atomic E-state index is 0.0582. The minimum Gasteiger partial charge on any atom is -0.508 e. The van der Waals surface area contributed by atoms with Crippen LogP contribution in [0.25, 0.3) is 6.08 Å². The molecular formula is C28H32N2O5. The SMILES string of the molecule is C=CCN1CC[C@]23c4c5c(O)cc(OC)c4O[C@H]2[C@@H](N(C)C(=O)/C=C/c2ccoc2)CC[C@H]3[C@H]1C5. The van der Waals surface area contributed by atoms with Gasteiger partial charge in [-0.05, 0) is 50.3 Å². The van der Waals surface area contributed by atoms with Gasteiger partial charge in [0.25, 0.3) is 0 Å². The van der Waals surface area contributed by atoms with Crippen LogP contribution in [0.4, 0.5) is 0 Å². The number of phenols is 1. The topological polar surface area (TPSA) is 75.4 Å². The Hall–Kier alpha value is -3.19. The van der Waals surface area contributed by atoms with Crippen LogP contribution in [0.1, 0.15) is 36.0 Å². The molecule has 1 aromatic heterocycles. The van der Waals surface area contributed by atoms with Gasteiger partial charge in [0.2, 0.25) is 5.91 Å². The third-order valence-electron chi connectivity index (χ3n) is 8.88. The first-order valence-corrected chi connectivity index (χ1v) is 12.4. The van der Waals surface area contributed by atoms with Crippen LogP contribution in [0.3, 0.4) is 0 Å². The maximum Gasteiger partial charge on any atom is 0.246 e. The maximum atomic E-state index is 13.2. The van der Waals surface area contributed by atoms with Gasteiger partial charge >= 0.3 is 0 Å². The van der Waals surface area contributed by atoms with Crippen LogP contribution < -0.4 is 9.47 Å². The summed E-state index contributed by atoms with van der Waals surface area (Å²) in [5.41, 5.74) is 2.71. The fourth-order valence-corrected chi connectivity index (χ4v) is 7.41. The number of hydrogen-bond donors (Lipinski definition) is 1. The average Bonchev–Trinajstić information content (AvgIpc) is 3.50. The smallest absolute Gasteiger partial charge is 0.246 e. The molecule has 0 radical (unpaired) electrons. The molecule has 2 aliphatic carbocycles. The van der Waals surface area contributed by atoms with Crippen LogP contribution in [0.15, 0.2) is 47.8 Å². The Labute approximate surface area is 205 Å². The van der Waals surface area contributed by atoms with Gasteiger partial charge in [-0.1, -0.05) is 6.08 Å². The van der Waals surface area contributed by atoms with E-state index in [9.17, 15) is 9.90 Å². The van der Waals surface area contributed by atoms with E-state index >= 15 is 0 Å². The summed E-state index contributed by atoms with van der Waals surface area (Å²) in [5.74, 6) is 1.94. The van der Waals surface area contributed by atoms with Gasteiger partial charge in [0.1, 0.15) is 11.9 Å². The Bertz CT molecular complexity index is 1190. The Morgan fingerprint density at radius 1 is 1.43 bits per heavy atom. The number of methoxy groups -OCH3 is 1. The van der Waals surface area contributed by atoms with E-state index in [2.05, 4.69) is 11.5 Å². The van der Waals surface area contributed by atoms with Crippen LogP contribution >= 0.6 is 0 Å². The van der Waals surface area contributed by atoms with Crippen LogP contribution in [-0.2, 0) is 16.6 Å². The highest BCUT2D eigenvalue weighted by atomic mass is 16.5. The molecule has 1 saturated heterocycles. The zero-order chi connectivity index (χ0) is 24.3. The van der Waals surface area contributed by atoms with Crippen LogP contribution in [0, 0.1) is 5.92 Å². The van der Waals surface area contributed by atoms with Crippen molar-refractivity contribution in [2.75, 3.05) is 27.2 Å². The number of amides is 1. The molecule has 4 aliphatic rings. The van der Waals surface area contributed by atoms with Crippen LogP contribution in [0.5, 0.6) is 17.2 Å². The predicted octanol–water partition coefficient (Wildman–Crippen LogP) is 3.76. The van der Waals surface area contributed by atoms with Gasteiger partial charge in [-0.15, -0.1) is 6.58 Å². The molecule has 184 valence electrons. The molecule has 5 atom stereocenters. The number of carbonyl (C=O) groups excluding carboxylic acids is 1. The molecule has 1 spiro atoms. The molecule has 1 N–H and O–H groups in total. The highest BCUT2D eigenvalue weighted by Crippen LogP contribution is 2.65. The number of rotatable bonds is 6. The van der Waals surface area contributed by atoms with Gasteiger partial charge in [-0.25, -0.2) is 0 Å². The van der Waals surface area contributed by atoms with E-state index in [1.807, 2.05) is 24.1 Å². The number of phenolic OH excluding ortho intramolecular Hbond substituents is 1. The summed E-state index contributed by atoms with van der Waals surface area (Å²) < 4.78 is 17.6. The third-order valence-corrected chi connectivity index (χ3v) is 8.88. The fraction of sp³-hybridized carbons (Fsp3) is 0.464. The van der Waals surface area contributed by atoms with Gasteiger partial charge in [-0.2, -0.15) is 0 Å². The second-order valence-corrected chi connectivity index (χ2v) is 10.3. The molecule has 7 nitrogen and oxygen atoms in total. The Kier molecular flexibility index (Phi) is 5.22. The summed E-state index contributed by atoms with van der Waals surface area (Å²) in [6.45, 7) is 5.75. The number of piperidine rings is 1. The van der Waals surface area contributed by atoms with E-state index in [0.29, 0.717) is 17.7 Å². The van der Waals surface area contributed by atoms with Crippen molar-refractivity contribution in [1.82, 2.24) is 9.80 Å². The summed E-state index contributed by atoms with van der Waals surface area (Å²) in [7, 11) is 3.49. The normalized spacial score (nSPS) is 30.6. The molecule has 7 heteroatoms. The second kappa shape index (κ2) is 8.19.